The fraction of sp³-hybridized carbons (Fsp3) is 0.600. The van der Waals surface area contributed by atoms with Crippen LogP contribution in [0.15, 0.2) is 10.3 Å². The molecule has 1 N–H and O–H groups in total. The normalized spacial score (nSPS) is 24.8. The van der Waals surface area contributed by atoms with Crippen LogP contribution in [0.2, 0.25) is 4.34 Å². The van der Waals surface area contributed by atoms with Crippen molar-refractivity contribution in [2.75, 3.05) is 13.1 Å². The highest BCUT2D eigenvalue weighted by Gasteiger charge is 2.35. The average molecular weight is 341 g/mol. The smallest absolute Gasteiger partial charge is 0.300 e. The number of aliphatic hydroxyl groups is 1. The summed E-state index contributed by atoms with van der Waals surface area (Å²) in [7, 11) is -3.80. The van der Waals surface area contributed by atoms with E-state index in [9.17, 15) is 23.6 Å². The third-order valence-corrected chi connectivity index (χ3v) is 6.91. The van der Waals surface area contributed by atoms with E-state index in [1.807, 2.05) is 0 Å². The maximum Gasteiger partial charge on any atom is 0.300 e. The van der Waals surface area contributed by atoms with Crippen molar-refractivity contribution in [3.05, 3.63) is 20.5 Å². The molecule has 2 rings (SSSR count). The Morgan fingerprint density at radius 3 is 2.75 bits per heavy atom. The molecular formula is C10H13ClN2O5S2. The number of nitrogens with zero attached hydrogens (tertiary/aromatic N) is 2. The van der Waals surface area contributed by atoms with Gasteiger partial charge in [0.05, 0.1) is 11.0 Å². The van der Waals surface area contributed by atoms with Gasteiger partial charge < -0.3 is 5.11 Å². The van der Waals surface area contributed by atoms with Crippen molar-refractivity contribution in [3.8, 4) is 0 Å². The summed E-state index contributed by atoms with van der Waals surface area (Å²) in [5.41, 5.74) is -0.402. The Labute approximate surface area is 125 Å². The van der Waals surface area contributed by atoms with Crippen LogP contribution in [0.5, 0.6) is 0 Å². The van der Waals surface area contributed by atoms with Gasteiger partial charge in [-0.25, -0.2) is 8.42 Å². The lowest BCUT2D eigenvalue weighted by atomic mass is 9.99. The minimum atomic E-state index is -3.80. The van der Waals surface area contributed by atoms with Gasteiger partial charge in [-0.15, -0.1) is 11.3 Å². The largest absolute Gasteiger partial charge is 0.393 e. The Hall–Kier alpha value is -0.740. The van der Waals surface area contributed by atoms with Crippen LogP contribution in [0.25, 0.3) is 0 Å². The van der Waals surface area contributed by atoms with Crippen LogP contribution in [0.1, 0.15) is 13.3 Å². The van der Waals surface area contributed by atoms with Crippen molar-refractivity contribution in [2.45, 2.75) is 23.7 Å². The molecule has 112 valence electrons. The molecule has 0 saturated carbocycles. The Kier molecular flexibility index (Phi) is 4.35. The molecule has 2 heterocycles. The van der Waals surface area contributed by atoms with Crippen LogP contribution in [0.3, 0.4) is 0 Å². The lowest BCUT2D eigenvalue weighted by Crippen LogP contribution is -2.44. The van der Waals surface area contributed by atoms with Crippen LogP contribution < -0.4 is 0 Å². The number of thiophene rings is 1. The van der Waals surface area contributed by atoms with Crippen molar-refractivity contribution in [2.24, 2.45) is 5.92 Å². The van der Waals surface area contributed by atoms with Crippen molar-refractivity contribution in [3.63, 3.8) is 0 Å². The van der Waals surface area contributed by atoms with E-state index >= 15 is 0 Å². The fourth-order valence-corrected chi connectivity index (χ4v) is 5.41. The minimum absolute atomic E-state index is 0.141. The molecule has 20 heavy (non-hydrogen) atoms. The molecule has 7 nitrogen and oxygen atoms in total. The second kappa shape index (κ2) is 5.57. The minimum Gasteiger partial charge on any atom is -0.393 e. The SMILES string of the molecule is CC1CN(S(=O)(=O)c2cc([N+](=O)[O-])c(Cl)s2)CCC1O. The summed E-state index contributed by atoms with van der Waals surface area (Å²) in [5, 5.41) is 20.3. The van der Waals surface area contributed by atoms with Gasteiger partial charge in [0, 0.05) is 19.2 Å². The summed E-state index contributed by atoms with van der Waals surface area (Å²) in [5.74, 6) is -0.177. The molecule has 0 aromatic carbocycles. The molecule has 0 aliphatic carbocycles. The maximum absolute atomic E-state index is 12.4. The number of rotatable bonds is 3. The molecule has 10 heteroatoms. The van der Waals surface area contributed by atoms with Gasteiger partial charge in [-0.05, 0) is 12.3 Å². The van der Waals surface area contributed by atoms with Crippen LogP contribution in [-0.4, -0.2) is 41.9 Å². The van der Waals surface area contributed by atoms with Crippen LogP contribution in [-0.2, 0) is 10.0 Å². The van der Waals surface area contributed by atoms with Gasteiger partial charge in [0.15, 0.2) is 4.34 Å². The first-order valence-electron chi connectivity index (χ1n) is 5.85. The molecule has 1 fully saturated rings. The summed E-state index contributed by atoms with van der Waals surface area (Å²) in [6.07, 6.45) is -0.176. The average Bonchev–Trinajstić information content (AvgIpc) is 2.75. The Morgan fingerprint density at radius 2 is 2.25 bits per heavy atom. The standard InChI is InChI=1S/C10H13ClN2O5S2/c1-6-5-12(3-2-8(6)14)20(17,18)9-4-7(13(15)16)10(11)19-9/h4,6,8,14H,2-3,5H2,1H3. The number of nitro groups is 1. The lowest BCUT2D eigenvalue weighted by molar-refractivity contribution is -0.384. The molecule has 1 aromatic rings. The molecule has 1 aliphatic heterocycles. The molecule has 0 amide bonds. The van der Waals surface area contributed by atoms with Gasteiger partial charge in [-0.2, -0.15) is 4.31 Å². The van der Waals surface area contributed by atoms with E-state index in [0.717, 1.165) is 6.07 Å². The Balaban J connectivity index is 2.31. The van der Waals surface area contributed by atoms with E-state index in [-0.39, 0.29) is 27.6 Å². The number of sulfonamides is 1. The molecule has 2 unspecified atom stereocenters. The monoisotopic (exact) mass is 340 g/mol. The topological polar surface area (TPSA) is 101 Å². The first-order valence-corrected chi connectivity index (χ1v) is 8.49. The molecular weight excluding hydrogens is 328 g/mol. The second-order valence-electron chi connectivity index (χ2n) is 4.68. The number of hydrogen-bond donors (Lipinski definition) is 1. The van der Waals surface area contributed by atoms with E-state index in [1.165, 1.54) is 4.31 Å². The van der Waals surface area contributed by atoms with Crippen molar-refractivity contribution in [1.82, 2.24) is 4.31 Å². The fourth-order valence-electron chi connectivity index (χ4n) is 2.03. The van der Waals surface area contributed by atoms with E-state index < -0.39 is 26.7 Å². The first-order chi connectivity index (χ1) is 9.23. The quantitative estimate of drug-likeness (QED) is 0.666. The number of halogens is 1. The van der Waals surface area contributed by atoms with Gasteiger partial charge in [0.2, 0.25) is 0 Å². The van der Waals surface area contributed by atoms with Gasteiger partial charge in [-0.1, -0.05) is 18.5 Å². The maximum atomic E-state index is 12.4. The highest BCUT2D eigenvalue weighted by atomic mass is 35.5. The molecule has 0 spiro atoms. The van der Waals surface area contributed by atoms with Crippen molar-refractivity contribution >= 4 is 38.6 Å². The summed E-state index contributed by atoms with van der Waals surface area (Å²) < 4.78 is 25.7. The highest BCUT2D eigenvalue weighted by molar-refractivity contribution is 7.91. The van der Waals surface area contributed by atoms with Gasteiger partial charge in [0.25, 0.3) is 15.7 Å². The Morgan fingerprint density at radius 1 is 1.60 bits per heavy atom. The number of hydrogen-bond acceptors (Lipinski definition) is 6. The van der Waals surface area contributed by atoms with E-state index in [4.69, 9.17) is 11.6 Å². The first kappa shape index (κ1) is 15.6. The zero-order valence-corrected chi connectivity index (χ0v) is 12.9. The molecule has 0 radical (unpaired) electrons. The lowest BCUT2D eigenvalue weighted by Gasteiger charge is -2.33. The zero-order valence-electron chi connectivity index (χ0n) is 10.5. The third kappa shape index (κ3) is 2.82. The van der Waals surface area contributed by atoms with E-state index in [0.29, 0.717) is 17.8 Å². The molecule has 1 aromatic heterocycles. The molecule has 1 saturated heterocycles. The van der Waals surface area contributed by atoms with Crippen molar-refractivity contribution < 1.29 is 18.4 Å². The summed E-state index contributed by atoms with van der Waals surface area (Å²) in [6, 6.07) is 0.984. The van der Waals surface area contributed by atoms with Gasteiger partial charge >= 0.3 is 0 Å². The molecule has 0 bridgehead atoms. The number of aliphatic hydroxyl groups excluding tert-OH is 1. The van der Waals surface area contributed by atoms with Crippen LogP contribution in [0, 0.1) is 16.0 Å². The third-order valence-electron chi connectivity index (χ3n) is 3.26. The van der Waals surface area contributed by atoms with E-state index in [2.05, 4.69) is 0 Å². The summed E-state index contributed by atoms with van der Waals surface area (Å²) in [4.78, 5) is 10.0. The summed E-state index contributed by atoms with van der Waals surface area (Å²) in [6.45, 7) is 2.14. The molecule has 2 atom stereocenters. The van der Waals surface area contributed by atoms with Gasteiger partial charge in [-0.3, -0.25) is 10.1 Å². The predicted octanol–water partition coefficient (Wildman–Crippen LogP) is 1.70. The predicted molar refractivity (Wildman–Crippen MR) is 74.5 cm³/mol. The van der Waals surface area contributed by atoms with Gasteiger partial charge in [0.1, 0.15) is 4.21 Å². The number of piperidine rings is 1. The van der Waals surface area contributed by atoms with E-state index in [1.54, 1.807) is 6.92 Å². The highest BCUT2D eigenvalue weighted by Crippen LogP contribution is 2.38. The van der Waals surface area contributed by atoms with Crippen LogP contribution in [0.4, 0.5) is 5.69 Å². The van der Waals surface area contributed by atoms with Crippen LogP contribution >= 0.6 is 22.9 Å². The molecule has 1 aliphatic rings. The Bertz CT molecular complexity index is 630. The zero-order chi connectivity index (χ0) is 15.1. The van der Waals surface area contributed by atoms with Crippen molar-refractivity contribution in [1.29, 1.82) is 0 Å². The second-order valence-corrected chi connectivity index (χ2v) is 8.50. The summed E-state index contributed by atoms with van der Waals surface area (Å²) >= 11 is 6.37.